The number of carboxylic acid groups (broad SMARTS) is 1. The first-order chi connectivity index (χ1) is 9.92. The number of amides is 1. The molecule has 0 aromatic heterocycles. The number of carboxylic acids is 1. The lowest BCUT2D eigenvalue weighted by molar-refractivity contribution is -0.150. The number of carbonyl (C=O) groups is 3. The zero-order valence-electron chi connectivity index (χ0n) is 11.5. The molecule has 1 rings (SSSR count). The number of halogens is 1. The Kier molecular flexibility index (Phi) is 6.32. The molecule has 0 radical (unpaired) electrons. The quantitative estimate of drug-likeness (QED) is 0.729. The minimum Gasteiger partial charge on any atom is -0.480 e. The number of ether oxygens (including phenoxy) is 1. The number of carbonyl (C=O) groups excluding carboxylic acids is 2. The molecule has 1 aromatic carbocycles. The fourth-order valence-corrected chi connectivity index (χ4v) is 1.62. The van der Waals surface area contributed by atoms with Gasteiger partial charge in [0, 0.05) is 0 Å². The van der Waals surface area contributed by atoms with E-state index in [-0.39, 0.29) is 13.0 Å². The van der Waals surface area contributed by atoms with E-state index >= 15 is 0 Å². The summed E-state index contributed by atoms with van der Waals surface area (Å²) in [5, 5.41) is 11.2. The Balaban J connectivity index is 2.58. The number of nitrogens with one attached hydrogen (secondary N) is 1. The van der Waals surface area contributed by atoms with E-state index in [0.717, 1.165) is 0 Å². The molecule has 0 saturated carbocycles. The van der Waals surface area contributed by atoms with Crippen LogP contribution in [0.4, 0.5) is 4.39 Å². The van der Waals surface area contributed by atoms with Gasteiger partial charge in [-0.15, -0.1) is 0 Å². The van der Waals surface area contributed by atoms with E-state index in [2.05, 4.69) is 10.1 Å². The van der Waals surface area contributed by atoms with Crippen LogP contribution in [-0.2, 0) is 25.5 Å². The summed E-state index contributed by atoms with van der Waals surface area (Å²) >= 11 is 0. The summed E-state index contributed by atoms with van der Waals surface area (Å²) in [6.45, 7) is 1.73. The van der Waals surface area contributed by atoms with Crippen molar-refractivity contribution in [3.8, 4) is 0 Å². The molecule has 21 heavy (non-hydrogen) atoms. The third-order valence-corrected chi connectivity index (χ3v) is 2.59. The SMILES string of the molecule is CCOC(=O)C[C@H](NC(=O)Cc1ccc(F)cc1)C(=O)O. The van der Waals surface area contributed by atoms with Crippen LogP contribution in [-0.4, -0.2) is 35.6 Å². The molecule has 0 aliphatic heterocycles. The van der Waals surface area contributed by atoms with Gasteiger partial charge in [-0.05, 0) is 24.6 Å². The highest BCUT2D eigenvalue weighted by Crippen LogP contribution is 2.04. The largest absolute Gasteiger partial charge is 0.480 e. The normalized spacial score (nSPS) is 11.5. The lowest BCUT2D eigenvalue weighted by atomic mass is 10.1. The molecule has 0 fully saturated rings. The smallest absolute Gasteiger partial charge is 0.326 e. The van der Waals surface area contributed by atoms with E-state index in [1.54, 1.807) is 6.92 Å². The third kappa shape index (κ3) is 6.03. The Morgan fingerprint density at radius 1 is 1.29 bits per heavy atom. The first-order valence-corrected chi connectivity index (χ1v) is 6.34. The zero-order valence-corrected chi connectivity index (χ0v) is 11.5. The van der Waals surface area contributed by atoms with Crippen molar-refractivity contribution in [2.45, 2.75) is 25.8 Å². The summed E-state index contributed by atoms with van der Waals surface area (Å²) < 4.78 is 17.4. The van der Waals surface area contributed by atoms with Gasteiger partial charge in [-0.2, -0.15) is 0 Å². The summed E-state index contributed by atoms with van der Waals surface area (Å²) in [4.78, 5) is 34.0. The van der Waals surface area contributed by atoms with E-state index in [0.29, 0.717) is 5.56 Å². The second-order valence-corrected chi connectivity index (χ2v) is 4.27. The molecule has 0 bridgehead atoms. The van der Waals surface area contributed by atoms with E-state index in [4.69, 9.17) is 5.11 Å². The number of hydrogen-bond acceptors (Lipinski definition) is 4. The second kappa shape index (κ2) is 7.98. The Morgan fingerprint density at radius 3 is 2.43 bits per heavy atom. The van der Waals surface area contributed by atoms with Crippen LogP contribution in [0.25, 0.3) is 0 Å². The fourth-order valence-electron chi connectivity index (χ4n) is 1.62. The van der Waals surface area contributed by atoms with Crippen LogP contribution in [0, 0.1) is 5.82 Å². The molecule has 1 aromatic rings. The van der Waals surface area contributed by atoms with Gasteiger partial charge in [0.25, 0.3) is 0 Å². The van der Waals surface area contributed by atoms with E-state index < -0.39 is 36.1 Å². The van der Waals surface area contributed by atoms with Crippen LogP contribution >= 0.6 is 0 Å². The predicted molar refractivity (Wildman–Crippen MR) is 70.9 cm³/mol. The Labute approximate surface area is 120 Å². The number of benzene rings is 1. The van der Waals surface area contributed by atoms with Gasteiger partial charge >= 0.3 is 11.9 Å². The van der Waals surface area contributed by atoms with Crippen LogP contribution in [0.15, 0.2) is 24.3 Å². The molecule has 0 unspecified atom stereocenters. The fraction of sp³-hybridized carbons (Fsp3) is 0.357. The summed E-state index contributed by atoms with van der Waals surface area (Å²) in [5.74, 6) is -3.02. The van der Waals surface area contributed by atoms with Crippen LogP contribution in [0.5, 0.6) is 0 Å². The van der Waals surface area contributed by atoms with Crippen molar-refractivity contribution in [3.05, 3.63) is 35.6 Å². The second-order valence-electron chi connectivity index (χ2n) is 4.27. The molecule has 1 atom stereocenters. The average molecular weight is 297 g/mol. The number of aliphatic carboxylic acids is 1. The summed E-state index contributed by atoms with van der Waals surface area (Å²) in [6, 6.07) is 3.91. The van der Waals surface area contributed by atoms with Gasteiger partial charge in [-0.25, -0.2) is 9.18 Å². The van der Waals surface area contributed by atoms with E-state index in [1.165, 1.54) is 24.3 Å². The van der Waals surface area contributed by atoms with Crippen LogP contribution in [0.3, 0.4) is 0 Å². The summed E-state index contributed by atoms with van der Waals surface area (Å²) in [6.07, 6.45) is -0.550. The van der Waals surface area contributed by atoms with Crippen LogP contribution in [0.1, 0.15) is 18.9 Å². The summed E-state index contributed by atoms with van der Waals surface area (Å²) in [5.41, 5.74) is 0.536. The maximum atomic E-state index is 12.7. The molecule has 0 heterocycles. The molecule has 114 valence electrons. The molecule has 2 N–H and O–H groups in total. The van der Waals surface area contributed by atoms with Crippen molar-refractivity contribution in [3.63, 3.8) is 0 Å². The molecule has 0 saturated heterocycles. The Hall–Kier alpha value is -2.44. The first-order valence-electron chi connectivity index (χ1n) is 6.34. The zero-order chi connectivity index (χ0) is 15.8. The maximum Gasteiger partial charge on any atom is 0.326 e. The molecule has 6 nitrogen and oxygen atoms in total. The molecule has 0 aliphatic rings. The van der Waals surface area contributed by atoms with Crippen LogP contribution in [0.2, 0.25) is 0 Å². The standard InChI is InChI=1S/C14H16FNO5/c1-2-21-13(18)8-11(14(19)20)16-12(17)7-9-3-5-10(15)6-4-9/h3-6,11H,2,7-8H2,1H3,(H,16,17)(H,19,20)/t11-/m0/s1. The average Bonchev–Trinajstić information content (AvgIpc) is 2.41. The maximum absolute atomic E-state index is 12.7. The van der Waals surface area contributed by atoms with Gasteiger partial charge < -0.3 is 15.2 Å². The minimum absolute atomic E-state index is 0.104. The van der Waals surface area contributed by atoms with Crippen molar-refractivity contribution in [2.24, 2.45) is 0 Å². The van der Waals surface area contributed by atoms with E-state index in [1.807, 2.05) is 0 Å². The molecular weight excluding hydrogens is 281 g/mol. The monoisotopic (exact) mass is 297 g/mol. The van der Waals surface area contributed by atoms with Gasteiger partial charge in [-0.3, -0.25) is 9.59 Å². The Morgan fingerprint density at radius 2 is 1.90 bits per heavy atom. The highest BCUT2D eigenvalue weighted by atomic mass is 19.1. The van der Waals surface area contributed by atoms with Gasteiger partial charge in [0.15, 0.2) is 0 Å². The molecule has 0 aliphatic carbocycles. The van der Waals surface area contributed by atoms with Gasteiger partial charge in [0.05, 0.1) is 19.4 Å². The minimum atomic E-state index is -1.35. The van der Waals surface area contributed by atoms with Crippen molar-refractivity contribution in [1.82, 2.24) is 5.32 Å². The number of hydrogen-bond donors (Lipinski definition) is 2. The van der Waals surface area contributed by atoms with Crippen molar-refractivity contribution in [1.29, 1.82) is 0 Å². The van der Waals surface area contributed by atoms with Crippen LogP contribution < -0.4 is 5.32 Å². The first kappa shape index (κ1) is 16.6. The number of esters is 1. The number of rotatable bonds is 7. The van der Waals surface area contributed by atoms with Gasteiger partial charge in [0.2, 0.25) is 5.91 Å². The molecule has 0 spiro atoms. The van der Waals surface area contributed by atoms with Crippen molar-refractivity contribution < 1.29 is 28.6 Å². The predicted octanol–water partition coefficient (Wildman–Crippen LogP) is 0.891. The highest BCUT2D eigenvalue weighted by Gasteiger charge is 2.23. The van der Waals surface area contributed by atoms with Gasteiger partial charge in [-0.1, -0.05) is 12.1 Å². The van der Waals surface area contributed by atoms with Crippen molar-refractivity contribution in [2.75, 3.05) is 6.61 Å². The summed E-state index contributed by atoms with van der Waals surface area (Å²) in [7, 11) is 0. The molecular formula is C14H16FNO5. The topological polar surface area (TPSA) is 92.7 Å². The lowest BCUT2D eigenvalue weighted by Gasteiger charge is -2.13. The van der Waals surface area contributed by atoms with Gasteiger partial charge in [0.1, 0.15) is 11.9 Å². The third-order valence-electron chi connectivity index (χ3n) is 2.59. The molecule has 7 heteroatoms. The lowest BCUT2D eigenvalue weighted by Crippen LogP contribution is -2.43. The molecule has 1 amide bonds. The van der Waals surface area contributed by atoms with Crippen molar-refractivity contribution >= 4 is 17.8 Å². The highest BCUT2D eigenvalue weighted by molar-refractivity contribution is 5.87. The van der Waals surface area contributed by atoms with E-state index in [9.17, 15) is 18.8 Å². The Bertz CT molecular complexity index is 515.